The van der Waals surface area contributed by atoms with Gasteiger partial charge in [0.1, 0.15) is 12.7 Å². The van der Waals surface area contributed by atoms with Crippen LogP contribution in [0.15, 0.2) is 47.4 Å². The lowest BCUT2D eigenvalue weighted by atomic mass is 9.92. The molecule has 2 aromatic rings. The van der Waals surface area contributed by atoms with Gasteiger partial charge in [-0.1, -0.05) is 18.2 Å². The Kier molecular flexibility index (Phi) is 6.29. The predicted octanol–water partition coefficient (Wildman–Crippen LogP) is 2.92. The Morgan fingerprint density at radius 2 is 1.73 bits per heavy atom. The maximum Gasteiger partial charge on any atom is 0.243 e. The third-order valence-electron chi connectivity index (χ3n) is 6.85. The minimum atomic E-state index is -3.54. The number of fused-ring (bicyclic) bond motifs is 2. The molecule has 1 saturated heterocycles. The zero-order chi connectivity index (χ0) is 22.8. The lowest BCUT2D eigenvalue weighted by Crippen LogP contribution is -2.46. The maximum absolute atomic E-state index is 13.2. The molecule has 0 saturated carbocycles. The summed E-state index contributed by atoms with van der Waals surface area (Å²) in [6, 6.07) is 13.0. The standard InChI is InChI=1S/C25H30N2O5S/c28-25(26-16-21-17-31-23-7-3-4-8-24(23)32-21)19-11-13-27(14-12-19)33(29,30)22-10-9-18-5-1-2-6-20(18)15-22/h3-4,7-10,15,19,21H,1-2,5-6,11-14,16-17H2,(H,26,28). The number of rotatable bonds is 5. The van der Waals surface area contributed by atoms with Crippen molar-refractivity contribution in [2.75, 3.05) is 26.2 Å². The largest absolute Gasteiger partial charge is 0.486 e. The zero-order valence-corrected chi connectivity index (χ0v) is 19.5. The van der Waals surface area contributed by atoms with Gasteiger partial charge in [-0.15, -0.1) is 0 Å². The van der Waals surface area contributed by atoms with Crippen molar-refractivity contribution in [1.29, 1.82) is 0 Å². The summed E-state index contributed by atoms with van der Waals surface area (Å²) in [5.41, 5.74) is 2.43. The van der Waals surface area contributed by atoms with Gasteiger partial charge in [0.15, 0.2) is 11.5 Å². The summed E-state index contributed by atoms with van der Waals surface area (Å²) in [4.78, 5) is 13.1. The molecule has 8 heteroatoms. The molecule has 5 rings (SSSR count). The molecule has 33 heavy (non-hydrogen) atoms. The molecule has 1 atom stereocenters. The molecular weight excluding hydrogens is 440 g/mol. The number of aryl methyl sites for hydroxylation is 2. The summed E-state index contributed by atoms with van der Waals surface area (Å²) in [5.74, 6) is 1.15. The Hall–Kier alpha value is -2.58. The van der Waals surface area contributed by atoms with E-state index in [1.54, 1.807) is 6.07 Å². The third-order valence-corrected chi connectivity index (χ3v) is 8.75. The molecule has 7 nitrogen and oxygen atoms in total. The van der Waals surface area contributed by atoms with Crippen LogP contribution < -0.4 is 14.8 Å². The third kappa shape index (κ3) is 4.73. The predicted molar refractivity (Wildman–Crippen MR) is 124 cm³/mol. The van der Waals surface area contributed by atoms with E-state index in [9.17, 15) is 13.2 Å². The molecule has 1 N–H and O–H groups in total. The van der Waals surface area contributed by atoms with Crippen molar-refractivity contribution in [2.24, 2.45) is 5.92 Å². The minimum absolute atomic E-state index is 0.0525. The van der Waals surface area contributed by atoms with Gasteiger partial charge in [-0.3, -0.25) is 4.79 Å². The number of para-hydroxylation sites is 2. The van der Waals surface area contributed by atoms with Crippen molar-refractivity contribution in [1.82, 2.24) is 9.62 Å². The lowest BCUT2D eigenvalue weighted by Gasteiger charge is -2.31. The van der Waals surface area contributed by atoms with E-state index in [-0.39, 0.29) is 17.9 Å². The SMILES string of the molecule is O=C(NCC1COc2ccccc2O1)C1CCN(S(=O)(=O)c2ccc3c(c2)CCCC3)CC1. The van der Waals surface area contributed by atoms with Gasteiger partial charge in [-0.2, -0.15) is 4.31 Å². The van der Waals surface area contributed by atoms with Crippen LogP contribution in [0.3, 0.4) is 0 Å². The number of ether oxygens (including phenoxy) is 2. The molecule has 3 aliphatic rings. The summed E-state index contributed by atoms with van der Waals surface area (Å²) >= 11 is 0. The number of hydrogen-bond acceptors (Lipinski definition) is 5. The summed E-state index contributed by atoms with van der Waals surface area (Å²) in [6.45, 7) is 1.46. The number of carbonyl (C=O) groups excluding carboxylic acids is 1. The number of piperidine rings is 1. The first-order valence-corrected chi connectivity index (χ1v) is 13.2. The van der Waals surface area contributed by atoms with E-state index < -0.39 is 10.0 Å². The number of nitrogens with zero attached hydrogens (tertiary/aromatic N) is 1. The zero-order valence-electron chi connectivity index (χ0n) is 18.7. The highest BCUT2D eigenvalue weighted by Crippen LogP contribution is 2.31. The Bertz CT molecular complexity index is 1130. The first-order valence-electron chi connectivity index (χ1n) is 11.8. The van der Waals surface area contributed by atoms with Gasteiger partial charge in [-0.05, 0) is 73.9 Å². The summed E-state index contributed by atoms with van der Waals surface area (Å²) in [5, 5.41) is 2.96. The molecule has 2 heterocycles. The van der Waals surface area contributed by atoms with Gasteiger partial charge in [0.25, 0.3) is 0 Å². The molecule has 2 aliphatic heterocycles. The summed E-state index contributed by atoms with van der Waals surface area (Å²) < 4.78 is 39.5. The number of carbonyl (C=O) groups is 1. The smallest absolute Gasteiger partial charge is 0.243 e. The van der Waals surface area contributed by atoms with Gasteiger partial charge in [-0.25, -0.2) is 8.42 Å². The molecule has 1 amide bonds. The number of nitrogens with one attached hydrogen (secondary N) is 1. The molecule has 0 aromatic heterocycles. The Morgan fingerprint density at radius 3 is 2.52 bits per heavy atom. The van der Waals surface area contributed by atoms with Crippen LogP contribution in [-0.2, 0) is 27.7 Å². The second-order valence-corrected chi connectivity index (χ2v) is 11.0. The van der Waals surface area contributed by atoms with Gasteiger partial charge in [0.2, 0.25) is 15.9 Å². The van der Waals surface area contributed by atoms with Crippen LogP contribution >= 0.6 is 0 Å². The van der Waals surface area contributed by atoms with E-state index in [0.29, 0.717) is 55.5 Å². The second kappa shape index (κ2) is 9.35. The van der Waals surface area contributed by atoms with Gasteiger partial charge in [0, 0.05) is 19.0 Å². The normalized spacial score (nSPS) is 21.3. The van der Waals surface area contributed by atoms with Crippen LogP contribution in [0, 0.1) is 5.92 Å². The van der Waals surface area contributed by atoms with Crippen LogP contribution in [0.5, 0.6) is 11.5 Å². The van der Waals surface area contributed by atoms with Crippen molar-refractivity contribution < 1.29 is 22.7 Å². The number of benzene rings is 2. The van der Waals surface area contributed by atoms with Crippen molar-refractivity contribution >= 4 is 15.9 Å². The first-order chi connectivity index (χ1) is 16.0. The van der Waals surface area contributed by atoms with E-state index in [4.69, 9.17) is 9.47 Å². The highest BCUT2D eigenvalue weighted by Gasteiger charge is 2.33. The fourth-order valence-corrected chi connectivity index (χ4v) is 6.42. The number of sulfonamides is 1. The Balaban J connectivity index is 1.13. The van der Waals surface area contributed by atoms with Crippen molar-refractivity contribution in [2.45, 2.75) is 49.5 Å². The van der Waals surface area contributed by atoms with Crippen molar-refractivity contribution in [3.05, 3.63) is 53.6 Å². The lowest BCUT2D eigenvalue weighted by molar-refractivity contribution is -0.126. The van der Waals surface area contributed by atoms with Gasteiger partial charge >= 0.3 is 0 Å². The van der Waals surface area contributed by atoms with Crippen LogP contribution in [0.1, 0.15) is 36.8 Å². The number of hydrogen-bond donors (Lipinski definition) is 1. The van der Waals surface area contributed by atoms with Gasteiger partial charge < -0.3 is 14.8 Å². The Morgan fingerprint density at radius 1 is 1.00 bits per heavy atom. The highest BCUT2D eigenvalue weighted by molar-refractivity contribution is 7.89. The van der Waals surface area contributed by atoms with E-state index in [1.807, 2.05) is 36.4 Å². The van der Waals surface area contributed by atoms with E-state index >= 15 is 0 Å². The highest BCUT2D eigenvalue weighted by atomic mass is 32.2. The fourth-order valence-electron chi connectivity index (χ4n) is 4.90. The molecule has 2 aromatic carbocycles. The summed E-state index contributed by atoms with van der Waals surface area (Å²) in [7, 11) is -3.54. The topological polar surface area (TPSA) is 84.9 Å². The number of amides is 1. The minimum Gasteiger partial charge on any atom is -0.486 e. The van der Waals surface area contributed by atoms with E-state index in [2.05, 4.69) is 5.32 Å². The molecule has 0 bridgehead atoms. The Labute approximate surface area is 195 Å². The van der Waals surface area contributed by atoms with Crippen LogP contribution in [0.4, 0.5) is 0 Å². The van der Waals surface area contributed by atoms with Crippen molar-refractivity contribution in [3.63, 3.8) is 0 Å². The van der Waals surface area contributed by atoms with Crippen LogP contribution in [-0.4, -0.2) is 51.0 Å². The van der Waals surface area contributed by atoms with Crippen molar-refractivity contribution in [3.8, 4) is 11.5 Å². The molecule has 1 aliphatic carbocycles. The molecule has 1 unspecified atom stereocenters. The van der Waals surface area contributed by atoms with E-state index in [1.165, 1.54) is 16.3 Å². The van der Waals surface area contributed by atoms with E-state index in [0.717, 1.165) is 24.8 Å². The van der Waals surface area contributed by atoms with Gasteiger partial charge in [0.05, 0.1) is 11.4 Å². The quantitative estimate of drug-likeness (QED) is 0.726. The van der Waals surface area contributed by atoms with Crippen LogP contribution in [0.25, 0.3) is 0 Å². The molecule has 1 fully saturated rings. The second-order valence-electron chi connectivity index (χ2n) is 9.06. The molecular formula is C25H30N2O5S. The molecule has 0 radical (unpaired) electrons. The average Bonchev–Trinajstić information content (AvgIpc) is 2.87. The molecule has 0 spiro atoms. The summed E-state index contributed by atoms with van der Waals surface area (Å²) in [6.07, 6.45) is 5.04. The maximum atomic E-state index is 13.2. The monoisotopic (exact) mass is 470 g/mol. The first kappa shape index (κ1) is 22.2. The average molecular weight is 471 g/mol. The van der Waals surface area contributed by atoms with Crippen LogP contribution in [0.2, 0.25) is 0 Å². The fraction of sp³-hybridized carbons (Fsp3) is 0.480. The molecule has 176 valence electrons.